The van der Waals surface area contributed by atoms with Crippen molar-refractivity contribution in [2.75, 3.05) is 72.3 Å². The number of methoxy groups -OCH3 is 3. The van der Waals surface area contributed by atoms with Crippen LogP contribution in [0, 0.1) is 18.3 Å². The van der Waals surface area contributed by atoms with Crippen molar-refractivity contribution in [1.29, 1.82) is 0 Å². The number of ether oxygens (including phenoxy) is 6. The predicted molar refractivity (Wildman–Crippen MR) is 213 cm³/mol. The van der Waals surface area contributed by atoms with Crippen LogP contribution in [0.1, 0.15) is 68.2 Å². The van der Waals surface area contributed by atoms with Crippen LogP contribution in [0.25, 0.3) is 0 Å². The first-order valence-corrected chi connectivity index (χ1v) is 20.7. The van der Waals surface area contributed by atoms with E-state index in [-0.39, 0.29) is 42.3 Å². The van der Waals surface area contributed by atoms with E-state index >= 15 is 0 Å². The maximum Gasteiger partial charge on any atom is 0.311 e. The second kappa shape index (κ2) is 19.6. The lowest BCUT2D eigenvalue weighted by molar-refractivity contribution is -0.152. The molecule has 0 N–H and O–H groups in total. The van der Waals surface area contributed by atoms with Gasteiger partial charge in [-0.1, -0.05) is 55.0 Å². The number of carbonyl (C=O) groups is 1. The van der Waals surface area contributed by atoms with Gasteiger partial charge < -0.3 is 33.3 Å². The summed E-state index contributed by atoms with van der Waals surface area (Å²) in [6.45, 7) is 12.7. The first kappa shape index (κ1) is 42.6. The summed E-state index contributed by atoms with van der Waals surface area (Å²) in [7, 11) is 0.803. The second-order valence-corrected chi connectivity index (χ2v) is 17.5. The van der Waals surface area contributed by atoms with Crippen molar-refractivity contribution in [3.63, 3.8) is 0 Å². The smallest absolute Gasteiger partial charge is 0.311 e. The van der Waals surface area contributed by atoms with E-state index in [4.69, 9.17) is 28.4 Å². The minimum absolute atomic E-state index is 0.113. The fourth-order valence-corrected chi connectivity index (χ4v) is 9.27. The molecule has 55 heavy (non-hydrogen) atoms. The van der Waals surface area contributed by atoms with Gasteiger partial charge in [0.25, 0.3) is 0 Å². The van der Waals surface area contributed by atoms with Crippen molar-refractivity contribution in [1.82, 2.24) is 4.31 Å². The highest BCUT2D eigenvalue weighted by atomic mass is 32.2. The number of aryl methyl sites for hydroxylation is 1. The van der Waals surface area contributed by atoms with Crippen LogP contribution in [0.15, 0.2) is 71.6 Å². The lowest BCUT2D eigenvalue weighted by Gasteiger charge is -2.45. The number of anilines is 1. The standard InChI is InChI=1S/C43H60N2O9S/c1-31-9-16-37(17-10-31)55(47,48)45-26-41(54-30-34-13-18-40-39(23-34)44(20-22-53-40)19-8-21-49-5)38(24-36(45)25-43(3,4)42(46)51-7)35-14-11-33(12-15-35)29-52-28-32(2)27-50-6/h9-18,23,32,36,38,41H,8,19-22,24-30H2,1-7H3/t32-,36+,38+,41-/m0/s1. The Kier molecular flexibility index (Phi) is 15.2. The fourth-order valence-electron chi connectivity index (χ4n) is 7.62. The molecule has 1 saturated heterocycles. The van der Waals surface area contributed by atoms with E-state index < -0.39 is 27.6 Å². The van der Waals surface area contributed by atoms with Gasteiger partial charge in [-0.05, 0) is 81.0 Å². The molecule has 3 aromatic rings. The minimum atomic E-state index is -3.97. The number of nitrogens with zero attached hydrogens (tertiary/aromatic N) is 2. The van der Waals surface area contributed by atoms with Gasteiger partial charge in [-0.25, -0.2) is 8.42 Å². The third-order valence-corrected chi connectivity index (χ3v) is 12.5. The Balaban J connectivity index is 1.46. The lowest BCUT2D eigenvalue weighted by atomic mass is 9.77. The van der Waals surface area contributed by atoms with Gasteiger partial charge in [0, 0.05) is 51.8 Å². The predicted octanol–water partition coefficient (Wildman–Crippen LogP) is 6.75. The first-order chi connectivity index (χ1) is 26.4. The van der Waals surface area contributed by atoms with Crippen molar-refractivity contribution in [2.45, 2.75) is 83.1 Å². The summed E-state index contributed by atoms with van der Waals surface area (Å²) in [4.78, 5) is 15.5. The Morgan fingerprint density at radius 1 is 0.945 bits per heavy atom. The van der Waals surface area contributed by atoms with Gasteiger partial charge in [-0.15, -0.1) is 0 Å². The molecule has 302 valence electrons. The molecule has 0 radical (unpaired) electrons. The van der Waals surface area contributed by atoms with E-state index in [1.54, 1.807) is 30.7 Å². The molecular formula is C43H60N2O9S. The molecular weight excluding hydrogens is 721 g/mol. The summed E-state index contributed by atoms with van der Waals surface area (Å²) in [5.74, 6) is 0.584. The molecule has 12 heteroatoms. The summed E-state index contributed by atoms with van der Waals surface area (Å²) in [6, 6.07) is 20.9. The highest BCUT2D eigenvalue weighted by Gasteiger charge is 2.46. The average Bonchev–Trinajstić information content (AvgIpc) is 3.17. The maximum atomic E-state index is 14.5. The molecule has 0 spiro atoms. The van der Waals surface area contributed by atoms with Crippen molar-refractivity contribution in [3.8, 4) is 5.75 Å². The molecule has 1 fully saturated rings. The van der Waals surface area contributed by atoms with Crippen LogP contribution in [-0.2, 0) is 51.7 Å². The largest absolute Gasteiger partial charge is 0.490 e. The molecule has 3 aromatic carbocycles. The second-order valence-electron chi connectivity index (χ2n) is 15.6. The fraction of sp³-hybridized carbons (Fsp3) is 0.558. The molecule has 2 aliphatic heterocycles. The van der Waals surface area contributed by atoms with Crippen LogP contribution in [0.2, 0.25) is 0 Å². The van der Waals surface area contributed by atoms with Gasteiger partial charge in [0.05, 0.1) is 62.2 Å². The van der Waals surface area contributed by atoms with Gasteiger partial charge >= 0.3 is 5.97 Å². The Labute approximate surface area is 328 Å². The van der Waals surface area contributed by atoms with Crippen LogP contribution < -0.4 is 9.64 Å². The van der Waals surface area contributed by atoms with Crippen molar-refractivity contribution >= 4 is 21.7 Å². The number of rotatable bonds is 19. The van der Waals surface area contributed by atoms with Crippen LogP contribution in [0.4, 0.5) is 5.69 Å². The number of hydrogen-bond donors (Lipinski definition) is 0. The molecule has 0 bridgehead atoms. The lowest BCUT2D eigenvalue weighted by Crippen LogP contribution is -2.54. The molecule has 0 saturated carbocycles. The quantitative estimate of drug-likeness (QED) is 0.0957. The molecule has 0 aromatic heterocycles. The third kappa shape index (κ3) is 11.1. The monoisotopic (exact) mass is 780 g/mol. The highest BCUT2D eigenvalue weighted by molar-refractivity contribution is 7.89. The summed E-state index contributed by atoms with van der Waals surface area (Å²) in [6.07, 6.45) is 1.15. The van der Waals surface area contributed by atoms with E-state index in [0.717, 1.165) is 53.2 Å². The van der Waals surface area contributed by atoms with Gasteiger partial charge in [-0.3, -0.25) is 4.79 Å². The number of piperidine rings is 1. The number of fused-ring (bicyclic) bond motifs is 1. The van der Waals surface area contributed by atoms with Gasteiger partial charge in [-0.2, -0.15) is 4.31 Å². The minimum Gasteiger partial charge on any atom is -0.490 e. The van der Waals surface area contributed by atoms with E-state index in [1.807, 2.05) is 45.0 Å². The zero-order valence-electron chi connectivity index (χ0n) is 33.6. The molecule has 4 atom stereocenters. The van der Waals surface area contributed by atoms with Crippen LogP contribution in [-0.4, -0.2) is 98.2 Å². The van der Waals surface area contributed by atoms with Crippen LogP contribution >= 0.6 is 0 Å². The Morgan fingerprint density at radius 2 is 1.67 bits per heavy atom. The normalized spacial score (nSPS) is 19.8. The highest BCUT2D eigenvalue weighted by Crippen LogP contribution is 2.42. The maximum absolute atomic E-state index is 14.5. The summed E-state index contributed by atoms with van der Waals surface area (Å²) in [5, 5.41) is 0. The van der Waals surface area contributed by atoms with Crippen LogP contribution in [0.3, 0.4) is 0 Å². The Hall–Kier alpha value is -3.52. The van der Waals surface area contributed by atoms with Crippen molar-refractivity contribution in [3.05, 3.63) is 89.0 Å². The number of esters is 1. The number of carbonyl (C=O) groups excluding carboxylic acids is 1. The molecule has 11 nitrogen and oxygen atoms in total. The topological polar surface area (TPSA) is 113 Å². The number of sulfonamides is 1. The van der Waals surface area contributed by atoms with Gasteiger partial charge in [0.15, 0.2) is 0 Å². The van der Waals surface area contributed by atoms with Gasteiger partial charge in [0.2, 0.25) is 10.0 Å². The molecule has 0 aliphatic carbocycles. The van der Waals surface area contributed by atoms with Crippen LogP contribution in [0.5, 0.6) is 5.75 Å². The molecule has 5 rings (SSSR count). The third-order valence-electron chi connectivity index (χ3n) is 10.6. The number of benzene rings is 3. The Morgan fingerprint density at radius 3 is 2.36 bits per heavy atom. The average molecular weight is 781 g/mol. The SMILES string of the molecule is COCCCN1CCOc2ccc(CO[C@H]3CN(S(=O)(=O)c4ccc(C)cc4)[C@@H](CC(C)(C)C(=O)OC)C[C@@H]3c3ccc(COC[C@@H](C)COC)cc3)cc21. The van der Waals surface area contributed by atoms with E-state index in [9.17, 15) is 13.2 Å². The summed E-state index contributed by atoms with van der Waals surface area (Å²) >= 11 is 0. The van der Waals surface area contributed by atoms with Crippen molar-refractivity contribution < 1.29 is 41.6 Å². The molecule has 2 heterocycles. The zero-order valence-corrected chi connectivity index (χ0v) is 34.4. The van der Waals surface area contributed by atoms with E-state index in [0.29, 0.717) is 39.5 Å². The van der Waals surface area contributed by atoms with Crippen molar-refractivity contribution in [2.24, 2.45) is 11.3 Å². The first-order valence-electron chi connectivity index (χ1n) is 19.3. The summed E-state index contributed by atoms with van der Waals surface area (Å²) < 4.78 is 65.1. The molecule has 0 unspecified atom stereocenters. The van der Waals surface area contributed by atoms with Gasteiger partial charge in [0.1, 0.15) is 12.4 Å². The zero-order chi connectivity index (χ0) is 39.6. The van der Waals surface area contributed by atoms with E-state index in [1.165, 1.54) is 7.11 Å². The summed E-state index contributed by atoms with van der Waals surface area (Å²) in [5.41, 5.74) is 4.11. The molecule has 0 amide bonds. The van der Waals surface area contributed by atoms with E-state index in [2.05, 4.69) is 42.2 Å². The molecule has 2 aliphatic rings. The number of hydrogen-bond acceptors (Lipinski definition) is 10. The Bertz CT molecular complexity index is 1780.